The molecule has 0 fully saturated rings. The predicted molar refractivity (Wildman–Crippen MR) is 125 cm³/mol. The number of hydrogen-bond donors (Lipinski definition) is 2. The van der Waals surface area contributed by atoms with Crippen LogP contribution >= 0.6 is 11.6 Å². The molecular weight excluding hydrogens is 446 g/mol. The molecule has 0 saturated carbocycles. The number of methoxy groups -OCH3 is 1. The maximum atomic E-state index is 13.0. The number of nitrogens with one attached hydrogen (secondary N) is 1. The second-order valence-corrected chi connectivity index (χ2v) is 7.65. The highest BCUT2D eigenvalue weighted by molar-refractivity contribution is 6.30. The highest BCUT2D eigenvalue weighted by atomic mass is 35.5. The van der Waals surface area contributed by atoms with Gasteiger partial charge in [0.25, 0.3) is 5.91 Å². The quantitative estimate of drug-likeness (QED) is 0.416. The van der Waals surface area contributed by atoms with E-state index in [1.807, 2.05) is 6.07 Å². The van der Waals surface area contributed by atoms with Crippen LogP contribution in [0.3, 0.4) is 0 Å². The summed E-state index contributed by atoms with van der Waals surface area (Å²) in [7, 11) is 1.56. The second kappa shape index (κ2) is 9.67. The smallest absolute Gasteiger partial charge is 0.258 e. The average Bonchev–Trinajstić information content (AvgIpc) is 2.81. The number of phenolic OH excluding ortho intramolecular Hbond substituents is 1. The van der Waals surface area contributed by atoms with Crippen LogP contribution in [0.4, 0.5) is 0 Å². The molecule has 33 heavy (non-hydrogen) atoms. The third kappa shape index (κ3) is 5.10. The van der Waals surface area contributed by atoms with E-state index in [0.29, 0.717) is 28.4 Å². The first-order valence-corrected chi connectivity index (χ1v) is 10.4. The number of hydrogen-bond acceptors (Lipinski definition) is 6. The van der Waals surface area contributed by atoms with Crippen LogP contribution in [0, 0.1) is 0 Å². The Bertz CT molecular complexity index is 1360. The van der Waals surface area contributed by atoms with Gasteiger partial charge in [0, 0.05) is 23.7 Å². The number of rotatable bonds is 7. The third-order valence-corrected chi connectivity index (χ3v) is 5.22. The number of ether oxygens (including phenoxy) is 2. The molecule has 1 aromatic heterocycles. The van der Waals surface area contributed by atoms with Crippen LogP contribution in [0.5, 0.6) is 17.2 Å². The summed E-state index contributed by atoms with van der Waals surface area (Å²) < 4.78 is 16.2. The molecule has 4 rings (SSSR count). The Morgan fingerprint density at radius 2 is 1.88 bits per heavy atom. The lowest BCUT2D eigenvalue weighted by molar-refractivity contribution is -0.123. The fourth-order valence-corrected chi connectivity index (χ4v) is 3.52. The predicted octanol–water partition coefficient (Wildman–Crippen LogP) is 4.52. The molecule has 8 heteroatoms. The van der Waals surface area contributed by atoms with Gasteiger partial charge in [-0.1, -0.05) is 35.9 Å². The lowest BCUT2D eigenvalue weighted by Crippen LogP contribution is -2.28. The summed E-state index contributed by atoms with van der Waals surface area (Å²) in [6.45, 7) is 0.0222. The van der Waals surface area contributed by atoms with Gasteiger partial charge in [0.05, 0.1) is 12.7 Å². The van der Waals surface area contributed by atoms with Crippen LogP contribution in [-0.2, 0) is 11.3 Å². The molecule has 0 aliphatic heterocycles. The standard InChI is InChI=1S/C25H20ClNO6/c1-31-18-7-5-16(6-8-18)20-13-33-22-11-19(10-21(28)24(22)25(20)30)32-14-23(29)27-12-15-3-2-4-17(26)9-15/h2-11,13,28H,12,14H2,1H3,(H,27,29). The first-order chi connectivity index (χ1) is 15.9. The largest absolute Gasteiger partial charge is 0.507 e. The Balaban J connectivity index is 1.48. The molecule has 7 nitrogen and oxygen atoms in total. The zero-order chi connectivity index (χ0) is 23.4. The minimum Gasteiger partial charge on any atom is -0.507 e. The molecular formula is C25H20ClNO6. The SMILES string of the molecule is COc1ccc(-c2coc3cc(OCC(=O)NCc4cccc(Cl)c4)cc(O)c3c2=O)cc1. The lowest BCUT2D eigenvalue weighted by Gasteiger charge is -2.10. The van der Waals surface area contributed by atoms with E-state index in [1.165, 1.54) is 18.4 Å². The molecule has 0 atom stereocenters. The summed E-state index contributed by atoms with van der Waals surface area (Å²) in [6.07, 6.45) is 1.33. The molecule has 0 aliphatic carbocycles. The Hall–Kier alpha value is -3.97. The second-order valence-electron chi connectivity index (χ2n) is 7.22. The van der Waals surface area contributed by atoms with E-state index in [1.54, 1.807) is 49.6 Å². The van der Waals surface area contributed by atoms with Gasteiger partial charge < -0.3 is 24.3 Å². The van der Waals surface area contributed by atoms with Gasteiger partial charge in [-0.2, -0.15) is 0 Å². The van der Waals surface area contributed by atoms with Crippen molar-refractivity contribution in [1.29, 1.82) is 0 Å². The van der Waals surface area contributed by atoms with Gasteiger partial charge in [0.15, 0.2) is 6.61 Å². The molecule has 0 spiro atoms. The third-order valence-electron chi connectivity index (χ3n) is 4.98. The van der Waals surface area contributed by atoms with Crippen molar-refractivity contribution >= 4 is 28.5 Å². The molecule has 0 unspecified atom stereocenters. The molecule has 0 aliphatic rings. The number of fused-ring (bicyclic) bond motifs is 1. The Morgan fingerprint density at radius 3 is 2.61 bits per heavy atom. The summed E-state index contributed by atoms with van der Waals surface area (Å²) in [4.78, 5) is 25.1. The van der Waals surface area contributed by atoms with Crippen molar-refractivity contribution in [3.05, 3.63) is 87.7 Å². The zero-order valence-electron chi connectivity index (χ0n) is 17.6. The zero-order valence-corrected chi connectivity index (χ0v) is 18.4. The number of amides is 1. The lowest BCUT2D eigenvalue weighted by atomic mass is 10.0. The number of carbonyl (C=O) groups is 1. The van der Waals surface area contributed by atoms with Crippen LogP contribution in [-0.4, -0.2) is 24.7 Å². The van der Waals surface area contributed by atoms with Crippen LogP contribution in [0.2, 0.25) is 5.02 Å². The van der Waals surface area contributed by atoms with E-state index in [-0.39, 0.29) is 40.4 Å². The van der Waals surface area contributed by atoms with E-state index in [2.05, 4.69) is 5.32 Å². The van der Waals surface area contributed by atoms with E-state index < -0.39 is 0 Å². The minimum atomic E-state index is -0.385. The summed E-state index contributed by atoms with van der Waals surface area (Å²) >= 11 is 5.93. The highest BCUT2D eigenvalue weighted by Crippen LogP contribution is 2.30. The molecule has 1 amide bonds. The summed E-state index contributed by atoms with van der Waals surface area (Å²) in [5, 5.41) is 13.8. The summed E-state index contributed by atoms with van der Waals surface area (Å²) in [5.41, 5.74) is 1.54. The van der Waals surface area contributed by atoms with Gasteiger partial charge in [-0.3, -0.25) is 9.59 Å². The molecule has 2 N–H and O–H groups in total. The Morgan fingerprint density at radius 1 is 1.09 bits per heavy atom. The molecule has 1 heterocycles. The van der Waals surface area contributed by atoms with E-state index >= 15 is 0 Å². The van der Waals surface area contributed by atoms with Crippen molar-refractivity contribution in [3.8, 4) is 28.4 Å². The topological polar surface area (TPSA) is 98.0 Å². The minimum absolute atomic E-state index is 0.0288. The van der Waals surface area contributed by atoms with Crippen LogP contribution in [0.15, 0.2) is 76.1 Å². The van der Waals surface area contributed by atoms with E-state index in [0.717, 1.165) is 5.56 Å². The molecule has 0 radical (unpaired) electrons. The molecule has 3 aromatic carbocycles. The Labute approximate surface area is 194 Å². The number of carbonyl (C=O) groups excluding carboxylic acids is 1. The first kappa shape index (κ1) is 22.2. The van der Waals surface area contributed by atoms with Gasteiger partial charge in [-0.15, -0.1) is 0 Å². The molecule has 0 saturated heterocycles. The molecule has 4 aromatic rings. The fraction of sp³-hybridized carbons (Fsp3) is 0.120. The van der Waals surface area contributed by atoms with Gasteiger partial charge in [0.2, 0.25) is 5.43 Å². The number of halogens is 1. The molecule has 168 valence electrons. The van der Waals surface area contributed by atoms with Gasteiger partial charge in [-0.25, -0.2) is 0 Å². The van der Waals surface area contributed by atoms with Gasteiger partial charge in [0.1, 0.15) is 34.5 Å². The Kier molecular flexibility index (Phi) is 6.51. The number of aromatic hydroxyl groups is 1. The van der Waals surface area contributed by atoms with Crippen molar-refractivity contribution in [1.82, 2.24) is 5.32 Å². The van der Waals surface area contributed by atoms with Crippen molar-refractivity contribution in [2.75, 3.05) is 13.7 Å². The average molecular weight is 466 g/mol. The number of phenols is 1. The highest BCUT2D eigenvalue weighted by Gasteiger charge is 2.15. The summed E-state index contributed by atoms with van der Waals surface area (Å²) in [5.74, 6) is 0.195. The van der Waals surface area contributed by atoms with Crippen molar-refractivity contribution < 1.29 is 23.8 Å². The maximum absolute atomic E-state index is 13.0. The first-order valence-electron chi connectivity index (χ1n) is 10.0. The van der Waals surface area contributed by atoms with E-state index in [4.69, 9.17) is 25.5 Å². The summed E-state index contributed by atoms with van der Waals surface area (Å²) in [6, 6.07) is 16.8. The van der Waals surface area contributed by atoms with Crippen molar-refractivity contribution in [2.45, 2.75) is 6.54 Å². The van der Waals surface area contributed by atoms with Gasteiger partial charge in [-0.05, 0) is 35.4 Å². The maximum Gasteiger partial charge on any atom is 0.258 e. The monoisotopic (exact) mass is 465 g/mol. The number of benzene rings is 3. The fourth-order valence-electron chi connectivity index (χ4n) is 3.31. The van der Waals surface area contributed by atoms with Crippen LogP contribution in [0.1, 0.15) is 5.56 Å². The normalized spacial score (nSPS) is 10.7. The molecule has 0 bridgehead atoms. The van der Waals surface area contributed by atoms with Crippen LogP contribution in [0.25, 0.3) is 22.1 Å². The van der Waals surface area contributed by atoms with E-state index in [9.17, 15) is 14.7 Å². The van der Waals surface area contributed by atoms with Gasteiger partial charge >= 0.3 is 0 Å². The van der Waals surface area contributed by atoms with Crippen LogP contribution < -0.4 is 20.2 Å². The van der Waals surface area contributed by atoms with Crippen molar-refractivity contribution in [2.24, 2.45) is 0 Å². The van der Waals surface area contributed by atoms with Crippen molar-refractivity contribution in [3.63, 3.8) is 0 Å².